The highest BCUT2D eigenvalue weighted by Crippen LogP contribution is 2.36. The van der Waals surface area contributed by atoms with E-state index in [1.165, 1.54) is 38.9 Å². The monoisotopic (exact) mass is 224 g/mol. The zero-order valence-electron chi connectivity index (χ0n) is 11.2. The summed E-state index contributed by atoms with van der Waals surface area (Å²) >= 11 is 0. The van der Waals surface area contributed by atoms with Crippen LogP contribution in [-0.4, -0.2) is 37.1 Å². The van der Waals surface area contributed by atoms with Gasteiger partial charge in [-0.3, -0.25) is 4.90 Å². The number of nitrogens with zero attached hydrogens (tertiary/aromatic N) is 1. The molecule has 2 rings (SSSR count). The highest BCUT2D eigenvalue weighted by molar-refractivity contribution is 4.93. The Morgan fingerprint density at radius 1 is 1.25 bits per heavy atom. The van der Waals surface area contributed by atoms with Crippen LogP contribution in [0.25, 0.3) is 0 Å². The van der Waals surface area contributed by atoms with E-state index in [2.05, 4.69) is 31.0 Å². The molecule has 1 aliphatic carbocycles. The SMILES string of the molecule is CCNCC1CCC1N1CCC(C(C)C)C1. The lowest BCUT2D eigenvalue weighted by Crippen LogP contribution is -2.49. The molecule has 1 heterocycles. The molecule has 94 valence electrons. The zero-order valence-corrected chi connectivity index (χ0v) is 11.2. The lowest BCUT2D eigenvalue weighted by atomic mass is 9.78. The van der Waals surface area contributed by atoms with E-state index in [0.717, 1.165) is 30.3 Å². The van der Waals surface area contributed by atoms with Gasteiger partial charge in [-0.1, -0.05) is 20.8 Å². The van der Waals surface area contributed by atoms with Gasteiger partial charge in [0.1, 0.15) is 0 Å². The molecule has 0 spiro atoms. The zero-order chi connectivity index (χ0) is 11.5. The Morgan fingerprint density at radius 2 is 2.06 bits per heavy atom. The van der Waals surface area contributed by atoms with Crippen LogP contribution in [0.3, 0.4) is 0 Å². The second-order valence-corrected chi connectivity index (χ2v) is 6.00. The molecule has 3 atom stereocenters. The molecule has 1 saturated heterocycles. The van der Waals surface area contributed by atoms with Crippen molar-refractivity contribution < 1.29 is 0 Å². The summed E-state index contributed by atoms with van der Waals surface area (Å²) in [6.07, 6.45) is 4.32. The van der Waals surface area contributed by atoms with Gasteiger partial charge in [-0.15, -0.1) is 0 Å². The minimum Gasteiger partial charge on any atom is -0.317 e. The summed E-state index contributed by atoms with van der Waals surface area (Å²) in [5, 5.41) is 3.51. The van der Waals surface area contributed by atoms with Crippen LogP contribution in [0.4, 0.5) is 0 Å². The molecule has 1 N–H and O–H groups in total. The Bertz CT molecular complexity index is 215. The maximum atomic E-state index is 3.51. The lowest BCUT2D eigenvalue weighted by molar-refractivity contribution is 0.0774. The Hall–Kier alpha value is -0.0800. The molecule has 0 aromatic carbocycles. The third-order valence-corrected chi connectivity index (χ3v) is 4.70. The smallest absolute Gasteiger partial charge is 0.0136 e. The van der Waals surface area contributed by atoms with Crippen LogP contribution >= 0.6 is 0 Å². The van der Waals surface area contributed by atoms with E-state index in [-0.39, 0.29) is 0 Å². The van der Waals surface area contributed by atoms with E-state index in [4.69, 9.17) is 0 Å². The maximum absolute atomic E-state index is 3.51. The van der Waals surface area contributed by atoms with Gasteiger partial charge in [-0.25, -0.2) is 0 Å². The standard InChI is InChI=1S/C14H28N2/c1-4-15-9-12-5-6-14(12)16-8-7-13(10-16)11(2)3/h11-15H,4-10H2,1-3H3. The van der Waals surface area contributed by atoms with Crippen LogP contribution < -0.4 is 5.32 Å². The Morgan fingerprint density at radius 3 is 2.56 bits per heavy atom. The van der Waals surface area contributed by atoms with Crippen molar-refractivity contribution in [2.45, 2.75) is 46.1 Å². The molecule has 0 radical (unpaired) electrons. The van der Waals surface area contributed by atoms with Crippen LogP contribution in [0, 0.1) is 17.8 Å². The molecule has 0 aromatic rings. The molecule has 0 bridgehead atoms. The topological polar surface area (TPSA) is 15.3 Å². The van der Waals surface area contributed by atoms with Crippen LogP contribution in [0.1, 0.15) is 40.0 Å². The van der Waals surface area contributed by atoms with E-state index in [1.807, 2.05) is 0 Å². The van der Waals surface area contributed by atoms with Gasteiger partial charge in [0.2, 0.25) is 0 Å². The fraction of sp³-hybridized carbons (Fsp3) is 1.00. The van der Waals surface area contributed by atoms with Gasteiger partial charge in [0.25, 0.3) is 0 Å². The van der Waals surface area contributed by atoms with E-state index in [9.17, 15) is 0 Å². The van der Waals surface area contributed by atoms with Crippen LogP contribution in [0.15, 0.2) is 0 Å². The first-order valence-electron chi connectivity index (χ1n) is 7.17. The van der Waals surface area contributed by atoms with Gasteiger partial charge in [0.15, 0.2) is 0 Å². The predicted octanol–water partition coefficient (Wildman–Crippen LogP) is 2.35. The number of nitrogens with one attached hydrogen (secondary N) is 1. The summed E-state index contributed by atoms with van der Waals surface area (Å²) in [5.41, 5.74) is 0. The molecule has 2 aliphatic rings. The molecular formula is C14H28N2. The number of hydrogen-bond acceptors (Lipinski definition) is 2. The second-order valence-electron chi connectivity index (χ2n) is 6.00. The maximum Gasteiger partial charge on any atom is 0.0136 e. The molecule has 2 nitrogen and oxygen atoms in total. The number of rotatable bonds is 5. The van der Waals surface area contributed by atoms with E-state index in [1.54, 1.807) is 0 Å². The first-order chi connectivity index (χ1) is 7.72. The largest absolute Gasteiger partial charge is 0.317 e. The van der Waals surface area contributed by atoms with Crippen molar-refractivity contribution in [2.75, 3.05) is 26.2 Å². The fourth-order valence-corrected chi connectivity index (χ4v) is 3.26. The van der Waals surface area contributed by atoms with Crippen molar-refractivity contribution in [3.8, 4) is 0 Å². The highest BCUT2D eigenvalue weighted by Gasteiger charge is 2.38. The van der Waals surface area contributed by atoms with Gasteiger partial charge in [-0.2, -0.15) is 0 Å². The molecule has 1 saturated carbocycles. The van der Waals surface area contributed by atoms with E-state index in [0.29, 0.717) is 0 Å². The number of hydrogen-bond donors (Lipinski definition) is 1. The van der Waals surface area contributed by atoms with Crippen LogP contribution in [0.5, 0.6) is 0 Å². The summed E-state index contributed by atoms with van der Waals surface area (Å²) < 4.78 is 0. The number of likely N-dealkylation sites (tertiary alicyclic amines) is 1. The summed E-state index contributed by atoms with van der Waals surface area (Å²) in [4.78, 5) is 2.77. The quantitative estimate of drug-likeness (QED) is 0.771. The molecule has 2 fully saturated rings. The van der Waals surface area contributed by atoms with Gasteiger partial charge in [-0.05, 0) is 56.7 Å². The molecular weight excluding hydrogens is 196 g/mol. The molecule has 2 heteroatoms. The average molecular weight is 224 g/mol. The van der Waals surface area contributed by atoms with Crippen LogP contribution in [-0.2, 0) is 0 Å². The first kappa shape index (κ1) is 12.4. The van der Waals surface area contributed by atoms with Gasteiger partial charge >= 0.3 is 0 Å². The molecule has 3 unspecified atom stereocenters. The summed E-state index contributed by atoms with van der Waals surface area (Å²) in [6.45, 7) is 12.1. The molecule has 0 amide bonds. The summed E-state index contributed by atoms with van der Waals surface area (Å²) in [6, 6.07) is 0.905. The average Bonchev–Trinajstić information content (AvgIpc) is 2.66. The van der Waals surface area contributed by atoms with Crippen molar-refractivity contribution in [1.82, 2.24) is 10.2 Å². The van der Waals surface area contributed by atoms with Crippen molar-refractivity contribution in [1.29, 1.82) is 0 Å². The molecule has 1 aliphatic heterocycles. The van der Waals surface area contributed by atoms with Crippen molar-refractivity contribution in [3.63, 3.8) is 0 Å². The third-order valence-electron chi connectivity index (χ3n) is 4.70. The van der Waals surface area contributed by atoms with Crippen molar-refractivity contribution >= 4 is 0 Å². The Kier molecular flexibility index (Phi) is 4.26. The van der Waals surface area contributed by atoms with Crippen molar-refractivity contribution in [2.24, 2.45) is 17.8 Å². The van der Waals surface area contributed by atoms with E-state index < -0.39 is 0 Å². The van der Waals surface area contributed by atoms with Gasteiger partial charge in [0.05, 0.1) is 0 Å². The van der Waals surface area contributed by atoms with E-state index >= 15 is 0 Å². The summed E-state index contributed by atoms with van der Waals surface area (Å²) in [7, 11) is 0. The summed E-state index contributed by atoms with van der Waals surface area (Å²) in [5.74, 6) is 2.77. The fourth-order valence-electron chi connectivity index (χ4n) is 3.26. The van der Waals surface area contributed by atoms with Crippen molar-refractivity contribution in [3.05, 3.63) is 0 Å². The first-order valence-corrected chi connectivity index (χ1v) is 7.17. The molecule has 0 aromatic heterocycles. The third kappa shape index (κ3) is 2.60. The normalized spacial score (nSPS) is 35.6. The van der Waals surface area contributed by atoms with Gasteiger partial charge < -0.3 is 5.32 Å². The highest BCUT2D eigenvalue weighted by atomic mass is 15.2. The van der Waals surface area contributed by atoms with Gasteiger partial charge in [0, 0.05) is 12.6 Å². The second kappa shape index (κ2) is 5.50. The lowest BCUT2D eigenvalue weighted by Gasteiger charge is -2.43. The minimum atomic E-state index is 0.872. The predicted molar refractivity (Wildman–Crippen MR) is 69.6 cm³/mol. The molecule has 16 heavy (non-hydrogen) atoms. The minimum absolute atomic E-state index is 0.872. The van der Waals surface area contributed by atoms with Crippen LogP contribution in [0.2, 0.25) is 0 Å². The Labute approximate surface area is 101 Å². The Balaban J connectivity index is 1.76.